The Morgan fingerprint density at radius 3 is 2.42 bits per heavy atom. The van der Waals surface area contributed by atoms with Crippen molar-refractivity contribution in [2.45, 2.75) is 6.92 Å². The standard InChI is InChI=1S/C19H13Cl2NO4/c1-10-2-3-11(8-14(10)20)16-6-7-17(26-16)18(23)22-12-4-5-13(19(24)25)15(21)9-12/h2-9H,1H3,(H,22,23)(H,24,25). The Balaban J connectivity index is 1.79. The third kappa shape index (κ3) is 3.74. The maximum absolute atomic E-state index is 12.3. The summed E-state index contributed by atoms with van der Waals surface area (Å²) in [5.74, 6) is -1.000. The zero-order valence-corrected chi connectivity index (χ0v) is 15.1. The van der Waals surface area contributed by atoms with Gasteiger partial charge in [0.05, 0.1) is 10.6 Å². The van der Waals surface area contributed by atoms with E-state index in [1.165, 1.54) is 18.2 Å². The smallest absolute Gasteiger partial charge is 0.337 e. The first-order valence-electron chi connectivity index (χ1n) is 7.55. The molecule has 0 saturated carbocycles. The molecule has 1 heterocycles. The first-order valence-corrected chi connectivity index (χ1v) is 8.31. The number of amides is 1. The Bertz CT molecular complexity index is 1010. The number of carboxylic acid groups (broad SMARTS) is 1. The number of anilines is 1. The van der Waals surface area contributed by atoms with Crippen molar-refractivity contribution in [2.24, 2.45) is 0 Å². The molecule has 0 aliphatic heterocycles. The minimum Gasteiger partial charge on any atom is -0.478 e. The summed E-state index contributed by atoms with van der Waals surface area (Å²) < 4.78 is 5.59. The van der Waals surface area contributed by atoms with Crippen LogP contribution < -0.4 is 5.32 Å². The minimum absolute atomic E-state index is 0.0322. The van der Waals surface area contributed by atoms with E-state index in [-0.39, 0.29) is 16.3 Å². The second-order valence-corrected chi connectivity index (χ2v) is 6.40. The van der Waals surface area contributed by atoms with Crippen LogP contribution in [0.15, 0.2) is 52.9 Å². The number of carboxylic acids is 1. The van der Waals surface area contributed by atoms with Crippen LogP contribution in [0.5, 0.6) is 0 Å². The molecule has 3 rings (SSSR count). The summed E-state index contributed by atoms with van der Waals surface area (Å²) >= 11 is 12.0. The molecule has 0 saturated heterocycles. The summed E-state index contributed by atoms with van der Waals surface area (Å²) in [5, 5.41) is 12.2. The van der Waals surface area contributed by atoms with Gasteiger partial charge in [0.2, 0.25) is 0 Å². The number of carbonyl (C=O) groups excluding carboxylic acids is 1. The maximum Gasteiger partial charge on any atom is 0.337 e. The third-order valence-electron chi connectivity index (χ3n) is 3.74. The molecule has 0 aliphatic rings. The summed E-state index contributed by atoms with van der Waals surface area (Å²) in [5.41, 5.74) is 2.03. The number of hydrogen-bond acceptors (Lipinski definition) is 3. The van der Waals surface area contributed by atoms with Crippen molar-refractivity contribution in [3.8, 4) is 11.3 Å². The van der Waals surface area contributed by atoms with E-state index in [4.69, 9.17) is 32.7 Å². The normalized spacial score (nSPS) is 10.6. The first kappa shape index (κ1) is 18.0. The molecule has 0 aliphatic carbocycles. The van der Waals surface area contributed by atoms with Gasteiger partial charge in [-0.2, -0.15) is 0 Å². The molecule has 5 nitrogen and oxygen atoms in total. The average Bonchev–Trinajstić information content (AvgIpc) is 3.07. The molecule has 0 atom stereocenters. The lowest BCUT2D eigenvalue weighted by atomic mass is 10.1. The van der Waals surface area contributed by atoms with E-state index in [1.54, 1.807) is 18.2 Å². The minimum atomic E-state index is -1.14. The van der Waals surface area contributed by atoms with Gasteiger partial charge in [0.25, 0.3) is 5.91 Å². The predicted molar refractivity (Wildman–Crippen MR) is 100 cm³/mol. The quantitative estimate of drug-likeness (QED) is 0.616. The summed E-state index contributed by atoms with van der Waals surface area (Å²) in [6, 6.07) is 12.9. The predicted octanol–water partition coefficient (Wildman–Crippen LogP) is 5.51. The van der Waals surface area contributed by atoms with Crippen LogP contribution in [0.4, 0.5) is 5.69 Å². The second kappa shape index (κ2) is 7.23. The third-order valence-corrected chi connectivity index (χ3v) is 4.46. The van der Waals surface area contributed by atoms with Crippen LogP contribution in [0.3, 0.4) is 0 Å². The van der Waals surface area contributed by atoms with E-state index in [1.807, 2.05) is 19.1 Å². The monoisotopic (exact) mass is 389 g/mol. The van der Waals surface area contributed by atoms with Gasteiger partial charge >= 0.3 is 5.97 Å². The van der Waals surface area contributed by atoms with E-state index in [0.29, 0.717) is 16.5 Å². The Morgan fingerprint density at radius 1 is 1.00 bits per heavy atom. The number of halogens is 2. The summed E-state index contributed by atoms with van der Waals surface area (Å²) in [6.45, 7) is 1.90. The molecule has 2 N–H and O–H groups in total. The van der Waals surface area contributed by atoms with Gasteiger partial charge < -0.3 is 14.8 Å². The van der Waals surface area contributed by atoms with E-state index in [0.717, 1.165) is 11.1 Å². The molecule has 1 aromatic heterocycles. The van der Waals surface area contributed by atoms with Crippen LogP contribution in [0, 0.1) is 6.92 Å². The number of aromatic carboxylic acids is 1. The Kier molecular flexibility index (Phi) is 5.02. The highest BCUT2D eigenvalue weighted by molar-refractivity contribution is 6.34. The molecule has 0 bridgehead atoms. The van der Waals surface area contributed by atoms with Gasteiger partial charge in [0.1, 0.15) is 5.76 Å². The van der Waals surface area contributed by atoms with Crippen LogP contribution in [0.25, 0.3) is 11.3 Å². The Labute approximate surface area is 159 Å². The van der Waals surface area contributed by atoms with E-state index in [9.17, 15) is 9.59 Å². The zero-order chi connectivity index (χ0) is 18.8. The van der Waals surface area contributed by atoms with Gasteiger partial charge in [0.15, 0.2) is 5.76 Å². The van der Waals surface area contributed by atoms with Crippen LogP contribution in [0.1, 0.15) is 26.5 Å². The molecule has 3 aromatic rings. The maximum atomic E-state index is 12.3. The fourth-order valence-electron chi connectivity index (χ4n) is 2.32. The van der Waals surface area contributed by atoms with Crippen molar-refractivity contribution in [3.05, 3.63) is 75.5 Å². The van der Waals surface area contributed by atoms with Crippen molar-refractivity contribution in [1.29, 1.82) is 0 Å². The van der Waals surface area contributed by atoms with Crippen molar-refractivity contribution in [3.63, 3.8) is 0 Å². The number of rotatable bonds is 4. The van der Waals surface area contributed by atoms with Crippen molar-refractivity contribution in [2.75, 3.05) is 5.32 Å². The molecule has 0 spiro atoms. The average molecular weight is 390 g/mol. The second-order valence-electron chi connectivity index (χ2n) is 5.58. The number of nitrogens with one attached hydrogen (secondary N) is 1. The zero-order valence-electron chi connectivity index (χ0n) is 13.5. The fraction of sp³-hybridized carbons (Fsp3) is 0.0526. The molecule has 0 fully saturated rings. The molecule has 26 heavy (non-hydrogen) atoms. The van der Waals surface area contributed by atoms with Gasteiger partial charge in [-0.25, -0.2) is 4.79 Å². The summed E-state index contributed by atoms with van der Waals surface area (Å²) in [6.07, 6.45) is 0. The molecule has 0 unspecified atom stereocenters. The Morgan fingerprint density at radius 2 is 1.77 bits per heavy atom. The van der Waals surface area contributed by atoms with Crippen molar-refractivity contribution in [1.82, 2.24) is 0 Å². The van der Waals surface area contributed by atoms with Crippen molar-refractivity contribution < 1.29 is 19.1 Å². The molecule has 0 radical (unpaired) electrons. The topological polar surface area (TPSA) is 79.5 Å². The molecular formula is C19H13Cl2NO4. The molecule has 7 heteroatoms. The highest BCUT2D eigenvalue weighted by atomic mass is 35.5. The number of benzene rings is 2. The van der Waals surface area contributed by atoms with Crippen LogP contribution >= 0.6 is 23.2 Å². The van der Waals surface area contributed by atoms with Crippen LogP contribution in [-0.2, 0) is 0 Å². The largest absolute Gasteiger partial charge is 0.478 e. The van der Waals surface area contributed by atoms with E-state index in [2.05, 4.69) is 5.32 Å². The van der Waals surface area contributed by atoms with Gasteiger partial charge in [-0.15, -0.1) is 0 Å². The van der Waals surface area contributed by atoms with E-state index < -0.39 is 11.9 Å². The molecule has 132 valence electrons. The number of carbonyl (C=O) groups is 2. The SMILES string of the molecule is Cc1ccc(-c2ccc(C(=O)Nc3ccc(C(=O)O)c(Cl)c3)o2)cc1Cl. The lowest BCUT2D eigenvalue weighted by Gasteiger charge is -2.05. The van der Waals surface area contributed by atoms with Gasteiger partial charge in [0, 0.05) is 16.3 Å². The van der Waals surface area contributed by atoms with Crippen LogP contribution in [0.2, 0.25) is 10.0 Å². The van der Waals surface area contributed by atoms with Gasteiger partial charge in [-0.1, -0.05) is 35.3 Å². The lowest BCUT2D eigenvalue weighted by molar-refractivity contribution is 0.0697. The highest BCUT2D eigenvalue weighted by Crippen LogP contribution is 2.27. The molecule has 1 amide bonds. The Hall–Kier alpha value is -2.76. The number of hydrogen-bond donors (Lipinski definition) is 2. The van der Waals surface area contributed by atoms with Gasteiger partial charge in [-0.3, -0.25) is 4.79 Å². The summed E-state index contributed by atoms with van der Waals surface area (Å²) in [4.78, 5) is 23.3. The molecule has 2 aromatic carbocycles. The number of furan rings is 1. The van der Waals surface area contributed by atoms with Gasteiger partial charge in [-0.05, 0) is 48.9 Å². The van der Waals surface area contributed by atoms with Crippen LogP contribution in [-0.4, -0.2) is 17.0 Å². The lowest BCUT2D eigenvalue weighted by Crippen LogP contribution is -2.11. The first-order chi connectivity index (χ1) is 12.3. The number of aryl methyl sites for hydroxylation is 1. The summed E-state index contributed by atoms with van der Waals surface area (Å²) in [7, 11) is 0. The van der Waals surface area contributed by atoms with E-state index >= 15 is 0 Å². The highest BCUT2D eigenvalue weighted by Gasteiger charge is 2.15. The molecular weight excluding hydrogens is 377 g/mol. The fourth-order valence-corrected chi connectivity index (χ4v) is 2.76. The van der Waals surface area contributed by atoms with Crippen molar-refractivity contribution >= 4 is 40.8 Å².